The van der Waals surface area contributed by atoms with Gasteiger partial charge in [-0.15, -0.1) is 0 Å². The molecule has 92 valence electrons. The van der Waals surface area contributed by atoms with Gasteiger partial charge in [-0.05, 0) is 49.6 Å². The van der Waals surface area contributed by atoms with Gasteiger partial charge in [0, 0.05) is 6.54 Å². The average Bonchev–Trinajstić information content (AvgIpc) is 2.38. The van der Waals surface area contributed by atoms with Crippen LogP contribution in [0.4, 0.5) is 4.39 Å². The normalized spacial score (nSPS) is 19.0. The minimum absolute atomic E-state index is 0.177. The second-order valence-corrected chi connectivity index (χ2v) is 4.29. The Bertz CT molecular complexity index is 361. The lowest BCUT2D eigenvalue weighted by molar-refractivity contribution is 0.123. The zero-order valence-electron chi connectivity index (χ0n) is 9.86. The van der Waals surface area contributed by atoms with Crippen LogP contribution in [0, 0.1) is 5.82 Å². The Hall–Kier alpha value is -1.35. The third-order valence-corrected chi connectivity index (χ3v) is 2.90. The minimum atomic E-state index is -0.177. The first-order valence-corrected chi connectivity index (χ1v) is 6.10. The van der Waals surface area contributed by atoms with Crippen molar-refractivity contribution >= 4 is 0 Å². The van der Waals surface area contributed by atoms with Gasteiger partial charge in [-0.3, -0.25) is 0 Å². The molecule has 0 aromatic heterocycles. The van der Waals surface area contributed by atoms with Gasteiger partial charge < -0.3 is 10.1 Å². The molecule has 1 heterocycles. The van der Waals surface area contributed by atoms with Crippen molar-refractivity contribution in [1.29, 1.82) is 0 Å². The highest BCUT2D eigenvalue weighted by atomic mass is 19.1. The third-order valence-electron chi connectivity index (χ3n) is 2.90. The van der Waals surface area contributed by atoms with E-state index in [0.717, 1.165) is 37.9 Å². The lowest BCUT2D eigenvalue weighted by Crippen LogP contribution is -2.30. The highest BCUT2D eigenvalue weighted by Gasteiger charge is 2.09. The molecule has 2 rings (SSSR count). The van der Waals surface area contributed by atoms with E-state index in [1.165, 1.54) is 12.1 Å². The van der Waals surface area contributed by atoms with Gasteiger partial charge in [0.05, 0.1) is 6.26 Å². The molecule has 0 fully saturated rings. The van der Waals surface area contributed by atoms with E-state index in [4.69, 9.17) is 4.74 Å². The SMILES string of the molecule is Fc1ccc(CCNCC2CCC=CO2)cc1. The second kappa shape index (κ2) is 6.40. The van der Waals surface area contributed by atoms with Gasteiger partial charge in [-0.25, -0.2) is 4.39 Å². The van der Waals surface area contributed by atoms with Crippen molar-refractivity contribution in [3.63, 3.8) is 0 Å². The largest absolute Gasteiger partial charge is 0.497 e. The molecule has 1 aromatic rings. The van der Waals surface area contributed by atoms with E-state index in [1.807, 2.05) is 12.1 Å². The van der Waals surface area contributed by atoms with Crippen LogP contribution in [0.3, 0.4) is 0 Å². The standard InChI is InChI=1S/C14H18FNO/c15-13-6-4-12(5-7-13)8-9-16-11-14-3-1-2-10-17-14/h2,4-7,10,14,16H,1,3,8-9,11H2. The van der Waals surface area contributed by atoms with E-state index >= 15 is 0 Å². The lowest BCUT2D eigenvalue weighted by Gasteiger charge is -2.19. The molecular formula is C14H18FNO. The Morgan fingerprint density at radius 3 is 2.82 bits per heavy atom. The number of ether oxygens (including phenoxy) is 1. The van der Waals surface area contributed by atoms with Crippen molar-refractivity contribution < 1.29 is 9.13 Å². The van der Waals surface area contributed by atoms with Crippen LogP contribution in [0.25, 0.3) is 0 Å². The summed E-state index contributed by atoms with van der Waals surface area (Å²) in [6.45, 7) is 1.78. The van der Waals surface area contributed by atoms with E-state index in [0.29, 0.717) is 6.10 Å². The van der Waals surface area contributed by atoms with Gasteiger partial charge in [-0.2, -0.15) is 0 Å². The number of hydrogen-bond acceptors (Lipinski definition) is 2. The average molecular weight is 235 g/mol. The molecule has 0 saturated carbocycles. The van der Waals surface area contributed by atoms with Crippen LogP contribution in [0.5, 0.6) is 0 Å². The molecule has 3 heteroatoms. The summed E-state index contributed by atoms with van der Waals surface area (Å²) < 4.78 is 18.1. The van der Waals surface area contributed by atoms with E-state index in [-0.39, 0.29) is 5.82 Å². The van der Waals surface area contributed by atoms with Gasteiger partial charge in [0.25, 0.3) is 0 Å². The van der Waals surface area contributed by atoms with Crippen molar-refractivity contribution in [1.82, 2.24) is 5.32 Å². The Balaban J connectivity index is 1.62. The summed E-state index contributed by atoms with van der Waals surface area (Å²) in [6.07, 6.45) is 7.24. The summed E-state index contributed by atoms with van der Waals surface area (Å²) in [5.74, 6) is -0.177. The van der Waals surface area contributed by atoms with Gasteiger partial charge in [0.2, 0.25) is 0 Å². The molecule has 1 atom stereocenters. The topological polar surface area (TPSA) is 21.3 Å². The second-order valence-electron chi connectivity index (χ2n) is 4.29. The molecule has 1 unspecified atom stereocenters. The minimum Gasteiger partial charge on any atom is -0.497 e. The van der Waals surface area contributed by atoms with Crippen molar-refractivity contribution in [2.75, 3.05) is 13.1 Å². The summed E-state index contributed by atoms with van der Waals surface area (Å²) in [7, 11) is 0. The molecule has 1 N–H and O–H groups in total. The fourth-order valence-electron chi connectivity index (χ4n) is 1.88. The highest BCUT2D eigenvalue weighted by molar-refractivity contribution is 5.16. The Labute approximate surface area is 101 Å². The van der Waals surface area contributed by atoms with Crippen LogP contribution in [-0.4, -0.2) is 19.2 Å². The molecule has 0 aliphatic carbocycles. The quantitative estimate of drug-likeness (QED) is 0.792. The van der Waals surface area contributed by atoms with Crippen molar-refractivity contribution in [3.05, 3.63) is 48.0 Å². The smallest absolute Gasteiger partial charge is 0.123 e. The maximum atomic E-state index is 12.7. The Morgan fingerprint density at radius 2 is 2.12 bits per heavy atom. The van der Waals surface area contributed by atoms with Crippen LogP contribution in [0.2, 0.25) is 0 Å². The lowest BCUT2D eigenvalue weighted by atomic mass is 10.1. The fourth-order valence-corrected chi connectivity index (χ4v) is 1.88. The van der Waals surface area contributed by atoms with Crippen LogP contribution < -0.4 is 5.32 Å². The van der Waals surface area contributed by atoms with E-state index < -0.39 is 0 Å². The predicted molar refractivity (Wildman–Crippen MR) is 66.2 cm³/mol. The molecule has 0 bridgehead atoms. The van der Waals surface area contributed by atoms with Crippen molar-refractivity contribution in [2.24, 2.45) is 0 Å². The summed E-state index contributed by atoms with van der Waals surface area (Å²) >= 11 is 0. The van der Waals surface area contributed by atoms with E-state index in [2.05, 4.69) is 11.4 Å². The number of hydrogen-bond donors (Lipinski definition) is 1. The van der Waals surface area contributed by atoms with Crippen LogP contribution in [-0.2, 0) is 11.2 Å². The van der Waals surface area contributed by atoms with Gasteiger partial charge in [-0.1, -0.05) is 12.1 Å². The van der Waals surface area contributed by atoms with Crippen LogP contribution in [0.15, 0.2) is 36.6 Å². The molecule has 1 aromatic carbocycles. The number of halogens is 1. The zero-order chi connectivity index (χ0) is 11.9. The van der Waals surface area contributed by atoms with Crippen LogP contribution >= 0.6 is 0 Å². The molecule has 1 aliphatic heterocycles. The maximum absolute atomic E-state index is 12.7. The van der Waals surface area contributed by atoms with Gasteiger partial charge in [0.15, 0.2) is 0 Å². The Kier molecular flexibility index (Phi) is 4.56. The number of rotatable bonds is 5. The predicted octanol–water partition coefficient (Wildman–Crippen LogP) is 2.65. The first-order valence-electron chi connectivity index (χ1n) is 6.10. The first kappa shape index (κ1) is 12.1. The third kappa shape index (κ3) is 4.19. The molecule has 0 radical (unpaired) electrons. The molecule has 17 heavy (non-hydrogen) atoms. The van der Waals surface area contributed by atoms with Gasteiger partial charge in [0.1, 0.15) is 11.9 Å². The number of nitrogens with one attached hydrogen (secondary N) is 1. The molecule has 2 nitrogen and oxygen atoms in total. The fraction of sp³-hybridized carbons (Fsp3) is 0.429. The van der Waals surface area contributed by atoms with Crippen molar-refractivity contribution in [2.45, 2.75) is 25.4 Å². The molecular weight excluding hydrogens is 217 g/mol. The summed E-state index contributed by atoms with van der Waals surface area (Å²) in [4.78, 5) is 0. The zero-order valence-corrected chi connectivity index (χ0v) is 9.86. The summed E-state index contributed by atoms with van der Waals surface area (Å²) in [5, 5.41) is 3.37. The highest BCUT2D eigenvalue weighted by Crippen LogP contribution is 2.09. The molecule has 1 aliphatic rings. The first-order chi connectivity index (χ1) is 8.34. The van der Waals surface area contributed by atoms with E-state index in [1.54, 1.807) is 6.26 Å². The molecule has 0 saturated heterocycles. The molecule has 0 amide bonds. The maximum Gasteiger partial charge on any atom is 0.123 e. The molecule has 0 spiro atoms. The van der Waals surface area contributed by atoms with Crippen molar-refractivity contribution in [3.8, 4) is 0 Å². The number of benzene rings is 1. The van der Waals surface area contributed by atoms with Crippen LogP contribution in [0.1, 0.15) is 18.4 Å². The summed E-state index contributed by atoms with van der Waals surface area (Å²) in [5.41, 5.74) is 1.16. The van der Waals surface area contributed by atoms with Gasteiger partial charge >= 0.3 is 0 Å². The van der Waals surface area contributed by atoms with E-state index in [9.17, 15) is 4.39 Å². The Morgan fingerprint density at radius 1 is 1.29 bits per heavy atom. The monoisotopic (exact) mass is 235 g/mol. The summed E-state index contributed by atoms with van der Waals surface area (Å²) in [6, 6.07) is 6.67. The number of allylic oxidation sites excluding steroid dienone is 1.